The molecule has 2 atom stereocenters. The lowest BCUT2D eigenvalue weighted by Gasteiger charge is -2.41. The van der Waals surface area contributed by atoms with Crippen LogP contribution in [0.1, 0.15) is 49.8 Å². The number of allylic oxidation sites excluding steroid dienone is 1. The molecule has 1 aliphatic heterocycles. The summed E-state index contributed by atoms with van der Waals surface area (Å²) in [6.07, 6.45) is -4.01. The van der Waals surface area contributed by atoms with E-state index in [-0.39, 0.29) is 29.4 Å². The number of hydrogen-bond acceptors (Lipinski definition) is 5. The molecule has 0 radical (unpaired) electrons. The second kappa shape index (κ2) is 11.3. The molecule has 0 fully saturated rings. The zero-order valence-electron chi connectivity index (χ0n) is 20.6. The molecular weight excluding hydrogens is 485 g/mol. The number of ether oxygens (including phenoxy) is 1. The quantitative estimate of drug-likeness (QED) is 0.500. The van der Waals surface area contributed by atoms with E-state index in [9.17, 15) is 28.0 Å². The Morgan fingerprint density at radius 1 is 1.16 bits per heavy atom. The number of amides is 1. The minimum atomic E-state index is -4.63. The molecule has 0 aliphatic carbocycles. The van der Waals surface area contributed by atoms with E-state index < -0.39 is 35.5 Å². The topological polar surface area (TPSA) is 106 Å². The Morgan fingerprint density at radius 2 is 1.84 bits per heavy atom. The number of carbonyl (C=O) groups is 2. The first-order chi connectivity index (χ1) is 17.5. The van der Waals surface area contributed by atoms with Gasteiger partial charge in [0.05, 0.1) is 29.4 Å². The number of nitrogens with one attached hydrogen (secondary N) is 2. The molecule has 10 heteroatoms. The van der Waals surface area contributed by atoms with Gasteiger partial charge in [-0.15, -0.1) is 0 Å². The first-order valence-corrected chi connectivity index (χ1v) is 11.8. The molecule has 2 unspecified atom stereocenters. The fourth-order valence-electron chi connectivity index (χ4n) is 4.39. The normalized spacial score (nSPS) is 17.9. The van der Waals surface area contributed by atoms with Crippen LogP contribution in [-0.2, 0) is 20.5 Å². The second-order valence-corrected chi connectivity index (χ2v) is 8.47. The number of benzene rings is 2. The lowest BCUT2D eigenvalue weighted by Crippen LogP contribution is -2.51. The van der Waals surface area contributed by atoms with Gasteiger partial charge in [-0.2, -0.15) is 18.4 Å². The maximum Gasteiger partial charge on any atom is 0.416 e. The van der Waals surface area contributed by atoms with Crippen LogP contribution in [-0.4, -0.2) is 30.9 Å². The maximum atomic E-state index is 13.5. The van der Waals surface area contributed by atoms with Crippen molar-refractivity contribution in [1.29, 1.82) is 10.7 Å². The van der Waals surface area contributed by atoms with E-state index in [1.165, 1.54) is 36.1 Å². The predicted molar refractivity (Wildman–Crippen MR) is 132 cm³/mol. The lowest BCUT2D eigenvalue weighted by atomic mass is 9.75. The Morgan fingerprint density at radius 3 is 2.41 bits per heavy atom. The highest BCUT2D eigenvalue weighted by atomic mass is 19.4. The lowest BCUT2D eigenvalue weighted by molar-refractivity contribution is -0.139. The van der Waals surface area contributed by atoms with Gasteiger partial charge in [0.2, 0.25) is 5.91 Å². The number of alkyl halides is 3. The Hall–Kier alpha value is -4.13. The summed E-state index contributed by atoms with van der Waals surface area (Å²) >= 11 is 0. The number of nitrogens with zero attached hydrogens (tertiary/aromatic N) is 2. The molecular formula is C27H27F3N4O3. The number of esters is 1. The number of nitriles is 1. The van der Waals surface area contributed by atoms with Crippen molar-refractivity contribution in [2.75, 3.05) is 18.1 Å². The molecule has 194 valence electrons. The third-order valence-electron chi connectivity index (χ3n) is 6.06. The number of carbonyl (C=O) groups excluding carboxylic acids is 2. The molecule has 37 heavy (non-hydrogen) atoms. The van der Waals surface area contributed by atoms with Crippen molar-refractivity contribution < 1.29 is 27.5 Å². The average Bonchev–Trinajstić information content (AvgIpc) is 2.86. The molecule has 1 amide bonds. The molecule has 0 saturated heterocycles. The molecule has 0 bridgehead atoms. The van der Waals surface area contributed by atoms with Crippen LogP contribution in [0, 0.1) is 22.7 Å². The first-order valence-electron chi connectivity index (χ1n) is 11.8. The summed E-state index contributed by atoms with van der Waals surface area (Å²) in [6.45, 7) is 5.32. The Kier molecular flexibility index (Phi) is 8.38. The van der Waals surface area contributed by atoms with Crippen LogP contribution in [0.2, 0.25) is 0 Å². The summed E-state index contributed by atoms with van der Waals surface area (Å²) < 4.78 is 45.7. The number of hydrogen-bond donors (Lipinski definition) is 2. The summed E-state index contributed by atoms with van der Waals surface area (Å²) in [5.41, 5.74) is 0.153. The molecule has 2 aromatic rings. The first kappa shape index (κ1) is 27.5. The summed E-state index contributed by atoms with van der Waals surface area (Å²) in [5.74, 6) is -3.79. The zero-order chi connectivity index (χ0) is 27.3. The Balaban J connectivity index is 2.29. The average molecular weight is 513 g/mol. The van der Waals surface area contributed by atoms with E-state index in [1.54, 1.807) is 19.1 Å². The van der Waals surface area contributed by atoms with E-state index >= 15 is 0 Å². The fraction of sp³-hybridized carbons (Fsp3) is 0.333. The molecule has 0 aromatic heterocycles. The number of anilines is 1. The van der Waals surface area contributed by atoms with Crippen molar-refractivity contribution >= 4 is 23.4 Å². The van der Waals surface area contributed by atoms with Crippen LogP contribution >= 0.6 is 0 Å². The Bertz CT molecular complexity index is 1260. The molecule has 2 N–H and O–H groups in total. The van der Waals surface area contributed by atoms with Crippen molar-refractivity contribution in [2.24, 2.45) is 5.92 Å². The van der Waals surface area contributed by atoms with Gasteiger partial charge in [0.1, 0.15) is 11.8 Å². The maximum absolute atomic E-state index is 13.5. The van der Waals surface area contributed by atoms with E-state index in [0.717, 1.165) is 12.1 Å². The minimum absolute atomic E-state index is 0.00862. The predicted octanol–water partition coefficient (Wildman–Crippen LogP) is 5.14. The zero-order valence-corrected chi connectivity index (χ0v) is 20.6. The van der Waals surface area contributed by atoms with Crippen LogP contribution in [0.3, 0.4) is 0 Å². The summed E-state index contributed by atoms with van der Waals surface area (Å²) in [7, 11) is 0. The summed E-state index contributed by atoms with van der Waals surface area (Å²) in [6, 6.07) is 12.7. The molecule has 7 nitrogen and oxygen atoms in total. The number of rotatable bonds is 7. The third kappa shape index (κ3) is 5.66. The SMILES string of the molecule is CCCNC(=O)C1C(=N)N(c2cccc(C(F)(F)F)c2)C(C)=C(C(=O)OCC)C1c1ccc(C#N)cc1. The highest BCUT2D eigenvalue weighted by Crippen LogP contribution is 2.44. The van der Waals surface area contributed by atoms with Gasteiger partial charge in [-0.25, -0.2) is 4.79 Å². The van der Waals surface area contributed by atoms with E-state index in [4.69, 9.17) is 10.1 Å². The largest absolute Gasteiger partial charge is 0.463 e. The second-order valence-electron chi connectivity index (χ2n) is 8.47. The standard InChI is InChI=1S/C27H27F3N4O3/c1-4-13-33-25(35)23-22(18-11-9-17(15-31)10-12-18)21(26(36)37-5-2)16(3)34(24(23)32)20-8-6-7-19(14-20)27(28,29)30/h6-12,14,22-23,32H,4-5,13H2,1-3H3,(H,33,35). The van der Waals surface area contributed by atoms with Crippen molar-refractivity contribution in [1.82, 2.24) is 5.32 Å². The van der Waals surface area contributed by atoms with E-state index in [0.29, 0.717) is 24.1 Å². The van der Waals surface area contributed by atoms with Gasteiger partial charge in [-0.3, -0.25) is 10.2 Å². The van der Waals surface area contributed by atoms with Crippen LogP contribution < -0.4 is 10.2 Å². The van der Waals surface area contributed by atoms with E-state index in [2.05, 4.69) is 5.32 Å². The van der Waals surface area contributed by atoms with Gasteiger partial charge in [-0.05, 0) is 56.2 Å². The molecule has 3 rings (SSSR count). The molecule has 0 spiro atoms. The highest BCUT2D eigenvalue weighted by Gasteiger charge is 2.46. The summed E-state index contributed by atoms with van der Waals surface area (Å²) in [5, 5.41) is 20.9. The van der Waals surface area contributed by atoms with E-state index in [1.807, 2.05) is 13.0 Å². The number of halogens is 3. The van der Waals surface area contributed by atoms with Gasteiger partial charge < -0.3 is 15.0 Å². The molecule has 1 heterocycles. The van der Waals surface area contributed by atoms with Crippen LogP contribution in [0.4, 0.5) is 18.9 Å². The van der Waals surface area contributed by atoms with Gasteiger partial charge in [-0.1, -0.05) is 25.1 Å². The van der Waals surface area contributed by atoms with Gasteiger partial charge >= 0.3 is 12.1 Å². The van der Waals surface area contributed by atoms with Crippen molar-refractivity contribution in [3.8, 4) is 6.07 Å². The molecule has 2 aromatic carbocycles. The highest BCUT2D eigenvalue weighted by molar-refractivity contribution is 6.15. The van der Waals surface area contributed by atoms with Crippen molar-refractivity contribution in [3.05, 3.63) is 76.5 Å². The molecule has 1 aliphatic rings. The van der Waals surface area contributed by atoms with Gasteiger partial charge in [0.15, 0.2) is 0 Å². The third-order valence-corrected chi connectivity index (χ3v) is 6.06. The monoisotopic (exact) mass is 512 g/mol. The van der Waals surface area contributed by atoms with Crippen molar-refractivity contribution in [2.45, 2.75) is 39.3 Å². The Labute approximate surface area is 213 Å². The van der Waals surface area contributed by atoms with Crippen molar-refractivity contribution in [3.63, 3.8) is 0 Å². The van der Waals surface area contributed by atoms with Gasteiger partial charge in [0, 0.05) is 23.8 Å². The number of amidine groups is 1. The smallest absolute Gasteiger partial charge is 0.416 e. The molecule has 0 saturated carbocycles. The van der Waals surface area contributed by atoms with Crippen LogP contribution in [0.25, 0.3) is 0 Å². The van der Waals surface area contributed by atoms with Gasteiger partial charge in [0.25, 0.3) is 0 Å². The van der Waals surface area contributed by atoms with Crippen LogP contribution in [0.15, 0.2) is 59.8 Å². The summed E-state index contributed by atoms with van der Waals surface area (Å²) in [4.78, 5) is 27.9. The minimum Gasteiger partial charge on any atom is -0.463 e. The fourth-order valence-corrected chi connectivity index (χ4v) is 4.39. The van der Waals surface area contributed by atoms with Crippen LogP contribution in [0.5, 0.6) is 0 Å².